The van der Waals surface area contributed by atoms with Gasteiger partial charge in [0.1, 0.15) is 6.61 Å². The standard InChI is InChI=1S/C19H31FN2O/c1-8-15(3)22(9-2)13-16-10-11-18(17(20)12-16)23-14-19(4,5)21(6)7/h8,10-12H,9,13-14H2,1-7H3/b15-8+. The normalized spacial score (nSPS) is 12.7. The number of hydrogen-bond donors (Lipinski definition) is 0. The lowest BCUT2D eigenvalue weighted by molar-refractivity contribution is 0.111. The third-order valence-electron chi connectivity index (χ3n) is 4.46. The van der Waals surface area contributed by atoms with Gasteiger partial charge in [-0.25, -0.2) is 4.39 Å². The van der Waals surface area contributed by atoms with E-state index in [2.05, 4.69) is 43.6 Å². The highest BCUT2D eigenvalue weighted by atomic mass is 19.1. The predicted molar refractivity (Wildman–Crippen MR) is 95.2 cm³/mol. The second kappa shape index (κ2) is 8.34. The molecule has 0 heterocycles. The van der Waals surface area contributed by atoms with E-state index in [0.717, 1.165) is 12.1 Å². The van der Waals surface area contributed by atoms with Crippen molar-refractivity contribution < 1.29 is 9.13 Å². The monoisotopic (exact) mass is 322 g/mol. The van der Waals surface area contributed by atoms with E-state index in [1.165, 1.54) is 5.70 Å². The van der Waals surface area contributed by atoms with Gasteiger partial charge in [0, 0.05) is 24.3 Å². The summed E-state index contributed by atoms with van der Waals surface area (Å²) in [6.07, 6.45) is 2.07. The molecule has 0 saturated heterocycles. The van der Waals surface area contributed by atoms with E-state index >= 15 is 0 Å². The van der Waals surface area contributed by atoms with Gasteiger partial charge in [-0.2, -0.15) is 0 Å². The number of halogens is 1. The summed E-state index contributed by atoms with van der Waals surface area (Å²) < 4.78 is 20.0. The molecular weight excluding hydrogens is 291 g/mol. The van der Waals surface area contributed by atoms with Gasteiger partial charge in [-0.15, -0.1) is 0 Å². The van der Waals surface area contributed by atoms with E-state index in [1.807, 2.05) is 27.1 Å². The number of nitrogens with zero attached hydrogens (tertiary/aromatic N) is 2. The average Bonchev–Trinajstić information content (AvgIpc) is 2.50. The van der Waals surface area contributed by atoms with Crippen molar-refractivity contribution in [2.24, 2.45) is 0 Å². The van der Waals surface area contributed by atoms with Crippen molar-refractivity contribution in [3.05, 3.63) is 41.4 Å². The molecule has 0 radical (unpaired) electrons. The maximum absolute atomic E-state index is 14.3. The molecule has 23 heavy (non-hydrogen) atoms. The van der Waals surface area contributed by atoms with Crippen LogP contribution in [0.2, 0.25) is 0 Å². The summed E-state index contributed by atoms with van der Waals surface area (Å²) in [5, 5.41) is 0. The Morgan fingerprint density at radius 2 is 1.96 bits per heavy atom. The van der Waals surface area contributed by atoms with Crippen molar-refractivity contribution in [1.29, 1.82) is 0 Å². The highest BCUT2D eigenvalue weighted by molar-refractivity contribution is 5.29. The molecule has 0 aliphatic rings. The van der Waals surface area contributed by atoms with Crippen LogP contribution >= 0.6 is 0 Å². The fourth-order valence-corrected chi connectivity index (χ4v) is 2.03. The number of rotatable bonds is 8. The van der Waals surface area contributed by atoms with E-state index < -0.39 is 0 Å². The molecule has 0 amide bonds. The molecule has 0 spiro atoms. The molecule has 1 rings (SSSR count). The maximum atomic E-state index is 14.3. The summed E-state index contributed by atoms with van der Waals surface area (Å²) in [6, 6.07) is 5.24. The summed E-state index contributed by atoms with van der Waals surface area (Å²) in [5.74, 6) is 0.0146. The van der Waals surface area contributed by atoms with Crippen LogP contribution in [0.3, 0.4) is 0 Å². The molecule has 0 N–H and O–H groups in total. The summed E-state index contributed by atoms with van der Waals surface area (Å²) in [5.41, 5.74) is 2.00. The van der Waals surface area contributed by atoms with Gasteiger partial charge in [0.15, 0.2) is 11.6 Å². The second-order valence-electron chi connectivity index (χ2n) is 6.70. The van der Waals surface area contributed by atoms with Crippen molar-refractivity contribution in [3.63, 3.8) is 0 Å². The molecule has 0 fully saturated rings. The number of ether oxygens (including phenoxy) is 1. The molecule has 1 aromatic rings. The van der Waals surface area contributed by atoms with Gasteiger partial charge >= 0.3 is 0 Å². The predicted octanol–water partition coefficient (Wildman–Crippen LogP) is 4.29. The molecule has 3 nitrogen and oxygen atoms in total. The first kappa shape index (κ1) is 19.5. The fraction of sp³-hybridized carbons (Fsp3) is 0.579. The van der Waals surface area contributed by atoms with Crippen LogP contribution in [0.25, 0.3) is 0 Å². The van der Waals surface area contributed by atoms with Crippen molar-refractivity contribution >= 4 is 0 Å². The van der Waals surface area contributed by atoms with Crippen molar-refractivity contribution in [3.8, 4) is 5.75 Å². The van der Waals surface area contributed by atoms with Gasteiger partial charge in [0.25, 0.3) is 0 Å². The number of hydrogen-bond acceptors (Lipinski definition) is 3. The third kappa shape index (κ3) is 5.54. The topological polar surface area (TPSA) is 15.7 Å². The molecule has 0 saturated carbocycles. The first-order valence-electron chi connectivity index (χ1n) is 8.17. The Balaban J connectivity index is 2.78. The van der Waals surface area contributed by atoms with Gasteiger partial charge in [0.05, 0.1) is 0 Å². The number of likely N-dealkylation sites (N-methyl/N-ethyl adjacent to an activating group) is 1. The highest BCUT2D eigenvalue weighted by Gasteiger charge is 2.22. The van der Waals surface area contributed by atoms with Gasteiger partial charge in [-0.1, -0.05) is 12.1 Å². The molecule has 0 unspecified atom stereocenters. The van der Waals surface area contributed by atoms with E-state index in [-0.39, 0.29) is 11.4 Å². The Morgan fingerprint density at radius 3 is 2.43 bits per heavy atom. The van der Waals surface area contributed by atoms with E-state index in [0.29, 0.717) is 18.9 Å². The highest BCUT2D eigenvalue weighted by Crippen LogP contribution is 2.22. The lowest BCUT2D eigenvalue weighted by atomic mass is 10.1. The van der Waals surface area contributed by atoms with Gasteiger partial charge in [-0.3, -0.25) is 0 Å². The Labute approximate surface area is 140 Å². The lowest BCUT2D eigenvalue weighted by Crippen LogP contribution is -2.43. The van der Waals surface area contributed by atoms with Crippen LogP contribution in [0, 0.1) is 5.82 Å². The third-order valence-corrected chi connectivity index (χ3v) is 4.46. The van der Waals surface area contributed by atoms with E-state index in [4.69, 9.17) is 4.74 Å². The summed E-state index contributed by atoms with van der Waals surface area (Å²) in [7, 11) is 3.98. The SMILES string of the molecule is C/C=C(\C)N(CC)Cc1ccc(OCC(C)(C)N(C)C)c(F)c1. The molecule has 0 bridgehead atoms. The summed E-state index contributed by atoms with van der Waals surface area (Å²) >= 11 is 0. The molecule has 130 valence electrons. The Kier molecular flexibility index (Phi) is 7.07. The van der Waals surface area contributed by atoms with Crippen molar-refractivity contribution in [1.82, 2.24) is 9.80 Å². The first-order valence-corrected chi connectivity index (χ1v) is 8.17. The van der Waals surface area contributed by atoms with Gasteiger partial charge in [0.2, 0.25) is 0 Å². The zero-order valence-electron chi connectivity index (χ0n) is 15.6. The molecular formula is C19H31FN2O. The zero-order valence-corrected chi connectivity index (χ0v) is 15.6. The maximum Gasteiger partial charge on any atom is 0.165 e. The van der Waals surface area contributed by atoms with Crippen LogP contribution in [0.1, 0.15) is 40.2 Å². The van der Waals surface area contributed by atoms with Crippen LogP contribution in [-0.4, -0.2) is 42.6 Å². The van der Waals surface area contributed by atoms with Crippen LogP contribution < -0.4 is 4.74 Å². The number of allylic oxidation sites excluding steroid dienone is 2. The van der Waals surface area contributed by atoms with Gasteiger partial charge < -0.3 is 14.5 Å². The van der Waals surface area contributed by atoms with Crippen LogP contribution in [0.4, 0.5) is 4.39 Å². The van der Waals surface area contributed by atoms with E-state index in [9.17, 15) is 4.39 Å². The van der Waals surface area contributed by atoms with E-state index in [1.54, 1.807) is 12.1 Å². The molecule has 0 aliphatic heterocycles. The minimum Gasteiger partial charge on any atom is -0.489 e. The lowest BCUT2D eigenvalue weighted by Gasteiger charge is -2.32. The molecule has 0 aromatic heterocycles. The van der Waals surface area contributed by atoms with Crippen LogP contribution in [-0.2, 0) is 6.54 Å². The van der Waals surface area contributed by atoms with Crippen molar-refractivity contribution in [2.45, 2.75) is 46.7 Å². The summed E-state index contributed by atoms with van der Waals surface area (Å²) in [6.45, 7) is 12.4. The largest absolute Gasteiger partial charge is 0.489 e. The molecule has 0 aliphatic carbocycles. The quantitative estimate of drug-likeness (QED) is 0.710. The Morgan fingerprint density at radius 1 is 1.30 bits per heavy atom. The van der Waals surface area contributed by atoms with Crippen LogP contribution in [0.15, 0.2) is 30.0 Å². The zero-order chi connectivity index (χ0) is 17.6. The average molecular weight is 322 g/mol. The molecule has 4 heteroatoms. The van der Waals surface area contributed by atoms with Crippen LogP contribution in [0.5, 0.6) is 5.75 Å². The minimum atomic E-state index is -0.300. The molecule has 0 atom stereocenters. The van der Waals surface area contributed by atoms with Gasteiger partial charge in [-0.05, 0) is 66.4 Å². The smallest absolute Gasteiger partial charge is 0.165 e. The fourth-order valence-electron chi connectivity index (χ4n) is 2.03. The molecule has 1 aromatic carbocycles. The second-order valence-corrected chi connectivity index (χ2v) is 6.70. The Hall–Kier alpha value is -1.55. The number of benzene rings is 1. The van der Waals surface area contributed by atoms with Crippen molar-refractivity contribution in [2.75, 3.05) is 27.2 Å². The summed E-state index contributed by atoms with van der Waals surface area (Å²) in [4.78, 5) is 4.28. The first-order chi connectivity index (χ1) is 10.7. The minimum absolute atomic E-state index is 0.146. The Bertz CT molecular complexity index is 538.